The summed E-state index contributed by atoms with van der Waals surface area (Å²) in [5.74, 6) is 0.750. The summed E-state index contributed by atoms with van der Waals surface area (Å²) < 4.78 is 5.21. The minimum Gasteiger partial charge on any atom is -0.497 e. The molecule has 1 aliphatic heterocycles. The zero-order chi connectivity index (χ0) is 20.0. The average molecular weight is 384 g/mol. The lowest BCUT2D eigenvalue weighted by Crippen LogP contribution is -2.60. The van der Waals surface area contributed by atoms with Crippen LogP contribution in [0, 0.1) is 0 Å². The third kappa shape index (κ3) is 5.10. The number of aliphatic hydroxyl groups excluding tert-OH is 1. The van der Waals surface area contributed by atoms with Crippen molar-refractivity contribution in [1.29, 1.82) is 0 Å². The predicted octanol–water partition coefficient (Wildman–Crippen LogP) is 1.35. The second kappa shape index (κ2) is 9.19. The Morgan fingerprint density at radius 1 is 1.21 bits per heavy atom. The second-order valence-electron chi connectivity index (χ2n) is 7.33. The minimum absolute atomic E-state index is 0.0309. The first-order valence-corrected chi connectivity index (χ1v) is 9.56. The first-order valence-electron chi connectivity index (χ1n) is 9.56. The zero-order valence-electron chi connectivity index (χ0n) is 16.2. The van der Waals surface area contributed by atoms with Gasteiger partial charge in [0.05, 0.1) is 13.5 Å². The van der Waals surface area contributed by atoms with Gasteiger partial charge in [0.25, 0.3) is 0 Å². The van der Waals surface area contributed by atoms with Crippen LogP contribution in [0.4, 0.5) is 0 Å². The predicted molar refractivity (Wildman–Crippen MR) is 107 cm³/mol. The fourth-order valence-corrected chi connectivity index (χ4v) is 3.49. The summed E-state index contributed by atoms with van der Waals surface area (Å²) in [5.41, 5.74) is 0.735. The molecule has 1 aliphatic rings. The first kappa shape index (κ1) is 20.3. The molecule has 6 nitrogen and oxygen atoms in total. The van der Waals surface area contributed by atoms with E-state index in [4.69, 9.17) is 4.74 Å². The van der Waals surface area contributed by atoms with Crippen molar-refractivity contribution in [3.63, 3.8) is 0 Å². The molecule has 0 spiro atoms. The van der Waals surface area contributed by atoms with Gasteiger partial charge < -0.3 is 25.2 Å². The summed E-state index contributed by atoms with van der Waals surface area (Å²) in [6.45, 7) is 1.39. The summed E-state index contributed by atoms with van der Waals surface area (Å²) in [5, 5.41) is 24.5. The number of hydrogen-bond donors (Lipinski definition) is 3. The van der Waals surface area contributed by atoms with Gasteiger partial charge in [-0.3, -0.25) is 4.79 Å². The van der Waals surface area contributed by atoms with E-state index in [1.807, 2.05) is 54.6 Å². The van der Waals surface area contributed by atoms with Crippen LogP contribution in [-0.2, 0) is 17.8 Å². The van der Waals surface area contributed by atoms with Crippen molar-refractivity contribution in [2.75, 3.05) is 26.7 Å². The van der Waals surface area contributed by atoms with E-state index in [2.05, 4.69) is 5.32 Å². The Bertz CT molecular complexity index is 783. The summed E-state index contributed by atoms with van der Waals surface area (Å²) in [6, 6.07) is 17.2. The number of amides is 1. The topological polar surface area (TPSA) is 82.0 Å². The van der Waals surface area contributed by atoms with Gasteiger partial charge in [-0.1, -0.05) is 42.5 Å². The number of methoxy groups -OCH3 is 1. The van der Waals surface area contributed by atoms with Crippen molar-refractivity contribution >= 4 is 5.91 Å². The van der Waals surface area contributed by atoms with Gasteiger partial charge in [-0.05, 0) is 29.7 Å². The fourth-order valence-electron chi connectivity index (χ4n) is 3.49. The normalized spacial score (nSPS) is 22.1. The van der Waals surface area contributed by atoms with Crippen molar-refractivity contribution in [1.82, 2.24) is 10.2 Å². The Morgan fingerprint density at radius 2 is 1.96 bits per heavy atom. The van der Waals surface area contributed by atoms with E-state index in [0.717, 1.165) is 16.9 Å². The third-order valence-corrected chi connectivity index (χ3v) is 5.27. The zero-order valence-corrected chi connectivity index (χ0v) is 16.2. The molecule has 3 rings (SSSR count). The van der Waals surface area contributed by atoms with Crippen LogP contribution in [-0.4, -0.2) is 59.5 Å². The number of aliphatic hydroxyl groups is 2. The maximum absolute atomic E-state index is 12.5. The number of likely N-dealkylation sites (tertiary alicyclic amines) is 1. The summed E-state index contributed by atoms with van der Waals surface area (Å²) in [4.78, 5) is 14.1. The van der Waals surface area contributed by atoms with Gasteiger partial charge >= 0.3 is 0 Å². The number of carbonyl (C=O) groups excluding carboxylic acids is 1. The van der Waals surface area contributed by atoms with Crippen LogP contribution in [0.2, 0.25) is 0 Å². The van der Waals surface area contributed by atoms with E-state index in [9.17, 15) is 15.0 Å². The van der Waals surface area contributed by atoms with E-state index in [1.165, 1.54) is 0 Å². The van der Waals surface area contributed by atoms with Crippen molar-refractivity contribution in [3.05, 3.63) is 65.7 Å². The summed E-state index contributed by atoms with van der Waals surface area (Å²) in [6.07, 6.45) is -0.348. The largest absolute Gasteiger partial charge is 0.497 e. The molecule has 1 heterocycles. The number of hydrogen-bond acceptors (Lipinski definition) is 5. The molecule has 150 valence electrons. The van der Waals surface area contributed by atoms with Crippen LogP contribution in [0.5, 0.6) is 5.75 Å². The number of β-amino-alcohol motifs (C(OH)–C–C–N with tert-alkyl or cyclic N) is 1. The molecular weight excluding hydrogens is 356 g/mol. The van der Waals surface area contributed by atoms with Gasteiger partial charge in [-0.2, -0.15) is 0 Å². The van der Waals surface area contributed by atoms with Gasteiger partial charge in [-0.25, -0.2) is 0 Å². The molecule has 6 heteroatoms. The molecule has 0 unspecified atom stereocenters. The van der Waals surface area contributed by atoms with E-state index >= 15 is 0 Å². The van der Waals surface area contributed by atoms with E-state index in [1.54, 1.807) is 12.0 Å². The molecule has 1 amide bonds. The Hall–Kier alpha value is -2.41. The van der Waals surface area contributed by atoms with Crippen molar-refractivity contribution in [3.8, 4) is 5.75 Å². The summed E-state index contributed by atoms with van der Waals surface area (Å²) in [7, 11) is 1.62. The second-order valence-corrected chi connectivity index (χ2v) is 7.33. The SMILES string of the molecule is COc1cccc(CNC[C@@]2(O)CCN(C(=O)Cc3ccccc3)C[C@@H]2O)c1. The molecule has 2 aromatic carbocycles. The molecule has 0 bridgehead atoms. The lowest BCUT2D eigenvalue weighted by molar-refractivity contribution is -0.148. The van der Waals surface area contributed by atoms with Gasteiger partial charge in [0.2, 0.25) is 5.91 Å². The Morgan fingerprint density at radius 3 is 2.68 bits per heavy atom. The number of nitrogens with one attached hydrogen (secondary N) is 1. The Kier molecular flexibility index (Phi) is 6.67. The van der Waals surface area contributed by atoms with E-state index in [-0.39, 0.29) is 19.0 Å². The van der Waals surface area contributed by atoms with Crippen LogP contribution >= 0.6 is 0 Å². The van der Waals surface area contributed by atoms with Gasteiger partial charge in [0.15, 0.2) is 0 Å². The maximum atomic E-state index is 12.5. The number of rotatable bonds is 7. The van der Waals surface area contributed by atoms with Crippen LogP contribution < -0.4 is 10.1 Å². The first-order chi connectivity index (χ1) is 13.5. The molecule has 0 aromatic heterocycles. The fraction of sp³-hybridized carbons (Fsp3) is 0.409. The molecular formula is C22H28N2O4. The molecule has 1 saturated heterocycles. The quantitative estimate of drug-likeness (QED) is 0.671. The van der Waals surface area contributed by atoms with E-state index < -0.39 is 11.7 Å². The number of ether oxygens (including phenoxy) is 1. The number of benzene rings is 2. The van der Waals surface area contributed by atoms with Crippen LogP contribution in [0.15, 0.2) is 54.6 Å². The third-order valence-electron chi connectivity index (χ3n) is 5.27. The highest BCUT2D eigenvalue weighted by Crippen LogP contribution is 2.23. The summed E-state index contributed by atoms with van der Waals surface area (Å²) >= 11 is 0. The van der Waals surface area contributed by atoms with Crippen LogP contribution in [0.1, 0.15) is 17.5 Å². The number of nitrogens with zero attached hydrogens (tertiary/aromatic N) is 1. The maximum Gasteiger partial charge on any atom is 0.227 e. The van der Waals surface area contributed by atoms with Gasteiger partial charge in [-0.15, -0.1) is 0 Å². The monoisotopic (exact) mass is 384 g/mol. The Labute approximate surface area is 165 Å². The Balaban J connectivity index is 1.50. The van der Waals surface area contributed by atoms with Crippen molar-refractivity contribution < 1.29 is 19.7 Å². The van der Waals surface area contributed by atoms with Crippen LogP contribution in [0.3, 0.4) is 0 Å². The molecule has 0 saturated carbocycles. The molecule has 0 aliphatic carbocycles. The van der Waals surface area contributed by atoms with Crippen molar-refractivity contribution in [2.45, 2.75) is 31.1 Å². The standard InChI is InChI=1S/C22H28N2O4/c1-28-19-9-5-8-18(12-19)14-23-16-22(27)10-11-24(15-20(22)25)21(26)13-17-6-3-2-4-7-17/h2-9,12,20,23,25,27H,10-11,13-16H2,1H3/t20-,22-/m0/s1. The molecule has 2 aromatic rings. The smallest absolute Gasteiger partial charge is 0.227 e. The molecule has 1 fully saturated rings. The van der Waals surface area contributed by atoms with Gasteiger partial charge in [0.1, 0.15) is 17.5 Å². The van der Waals surface area contributed by atoms with E-state index in [0.29, 0.717) is 25.9 Å². The average Bonchev–Trinajstić information content (AvgIpc) is 2.71. The molecule has 3 N–H and O–H groups in total. The highest BCUT2D eigenvalue weighted by Gasteiger charge is 2.41. The molecule has 28 heavy (non-hydrogen) atoms. The van der Waals surface area contributed by atoms with Crippen molar-refractivity contribution in [2.24, 2.45) is 0 Å². The lowest BCUT2D eigenvalue weighted by Gasteiger charge is -2.42. The minimum atomic E-state index is -1.25. The molecule has 0 radical (unpaired) electrons. The van der Waals surface area contributed by atoms with Gasteiger partial charge in [0, 0.05) is 26.2 Å². The highest BCUT2D eigenvalue weighted by molar-refractivity contribution is 5.79. The lowest BCUT2D eigenvalue weighted by atomic mass is 9.88. The number of piperidine rings is 1. The van der Waals surface area contributed by atoms with Crippen LogP contribution in [0.25, 0.3) is 0 Å². The highest BCUT2D eigenvalue weighted by atomic mass is 16.5. The molecule has 2 atom stereocenters. The number of carbonyl (C=O) groups is 1.